The van der Waals surface area contributed by atoms with Crippen molar-refractivity contribution in [3.63, 3.8) is 0 Å². The van der Waals surface area contributed by atoms with Crippen LogP contribution in [0.25, 0.3) is 0 Å². The number of nitrogens with one attached hydrogen (secondary N) is 1. The topological polar surface area (TPSA) is 90.1 Å². The number of hydrogen-bond acceptors (Lipinski definition) is 4. The van der Waals surface area contributed by atoms with Crippen LogP contribution in [0.1, 0.15) is 15.9 Å². The molecule has 0 spiro atoms. The van der Waals surface area contributed by atoms with E-state index in [1.807, 2.05) is 0 Å². The van der Waals surface area contributed by atoms with Crippen LogP contribution in [0.3, 0.4) is 0 Å². The molecule has 3 rings (SSSR count). The van der Waals surface area contributed by atoms with Gasteiger partial charge in [0.1, 0.15) is 10.8 Å². The summed E-state index contributed by atoms with van der Waals surface area (Å²) in [6.45, 7) is 0.333. The van der Waals surface area contributed by atoms with Crippen LogP contribution in [0.4, 0.5) is 15.9 Å². The lowest BCUT2D eigenvalue weighted by atomic mass is 10.2. The highest BCUT2D eigenvalue weighted by Crippen LogP contribution is 2.25. The first-order valence-electron chi connectivity index (χ1n) is 7.45. The molecule has 1 heterocycles. The minimum absolute atomic E-state index is 0.0501. The molecule has 0 radical (unpaired) electrons. The average molecular weight is 375 g/mol. The van der Waals surface area contributed by atoms with Gasteiger partial charge in [-0.25, -0.2) is 4.39 Å². The van der Waals surface area contributed by atoms with Crippen molar-refractivity contribution in [3.05, 3.63) is 86.8 Å². The second-order valence-electron chi connectivity index (χ2n) is 5.41. The van der Waals surface area contributed by atoms with Gasteiger partial charge in [0.05, 0.1) is 11.5 Å². The SMILES string of the molecule is O=C(Nc1ccn(Cc2cccc(F)c2)n1)c1ccc(Cl)c([N+](=O)[O-])c1. The van der Waals surface area contributed by atoms with Crippen LogP contribution >= 0.6 is 11.6 Å². The van der Waals surface area contributed by atoms with Gasteiger partial charge in [0.25, 0.3) is 11.6 Å². The number of halogens is 2. The molecule has 1 aromatic heterocycles. The van der Waals surface area contributed by atoms with Gasteiger partial charge in [-0.3, -0.25) is 19.6 Å². The zero-order valence-electron chi connectivity index (χ0n) is 13.2. The molecule has 1 N–H and O–H groups in total. The van der Waals surface area contributed by atoms with Gasteiger partial charge in [0.15, 0.2) is 5.82 Å². The number of rotatable bonds is 5. The summed E-state index contributed by atoms with van der Waals surface area (Å²) >= 11 is 5.73. The van der Waals surface area contributed by atoms with Gasteiger partial charge >= 0.3 is 0 Å². The molecule has 7 nitrogen and oxygen atoms in total. The molecule has 0 saturated carbocycles. The van der Waals surface area contributed by atoms with E-state index in [9.17, 15) is 19.3 Å². The Morgan fingerprint density at radius 2 is 2.08 bits per heavy atom. The summed E-state index contributed by atoms with van der Waals surface area (Å²) < 4.78 is 14.7. The van der Waals surface area contributed by atoms with Gasteiger partial charge in [-0.1, -0.05) is 23.7 Å². The molecular weight excluding hydrogens is 363 g/mol. The number of nitro groups is 1. The van der Waals surface area contributed by atoms with E-state index >= 15 is 0 Å². The lowest BCUT2D eigenvalue weighted by molar-refractivity contribution is -0.384. The molecule has 0 atom stereocenters. The van der Waals surface area contributed by atoms with Gasteiger partial charge in [0, 0.05) is 23.9 Å². The number of nitrogens with zero attached hydrogens (tertiary/aromatic N) is 3. The highest BCUT2D eigenvalue weighted by Gasteiger charge is 2.17. The number of nitro benzene ring substituents is 1. The number of carbonyl (C=O) groups excluding carboxylic acids is 1. The monoisotopic (exact) mass is 374 g/mol. The van der Waals surface area contributed by atoms with Gasteiger partial charge in [-0.15, -0.1) is 0 Å². The van der Waals surface area contributed by atoms with Crippen LogP contribution in [0.15, 0.2) is 54.7 Å². The Bertz CT molecular complexity index is 990. The maximum atomic E-state index is 13.2. The zero-order chi connectivity index (χ0) is 18.7. The molecule has 0 aliphatic carbocycles. The molecule has 0 aliphatic rings. The fourth-order valence-corrected chi connectivity index (χ4v) is 2.51. The molecule has 3 aromatic rings. The fourth-order valence-electron chi connectivity index (χ4n) is 2.32. The van der Waals surface area contributed by atoms with E-state index in [4.69, 9.17) is 11.6 Å². The minimum atomic E-state index is -0.660. The summed E-state index contributed by atoms with van der Waals surface area (Å²) in [5.74, 6) is -0.628. The van der Waals surface area contributed by atoms with Crippen LogP contribution in [0.2, 0.25) is 5.02 Å². The quantitative estimate of drug-likeness (QED) is 0.542. The molecule has 0 saturated heterocycles. The molecule has 0 bridgehead atoms. The standard InChI is InChI=1S/C17H12ClFN4O3/c18-14-5-4-12(9-15(14)23(25)26)17(24)20-16-6-7-22(21-16)10-11-2-1-3-13(19)8-11/h1-9H,10H2,(H,20,21,24). The Kier molecular flexibility index (Phi) is 4.94. The minimum Gasteiger partial charge on any atom is -0.305 e. The summed E-state index contributed by atoms with van der Waals surface area (Å²) in [5, 5.41) is 17.6. The van der Waals surface area contributed by atoms with Crippen molar-refractivity contribution in [2.45, 2.75) is 6.54 Å². The molecule has 0 fully saturated rings. The summed E-state index contributed by atoms with van der Waals surface area (Å²) in [4.78, 5) is 22.5. The smallest absolute Gasteiger partial charge is 0.288 e. The highest BCUT2D eigenvalue weighted by molar-refractivity contribution is 6.32. The molecule has 132 valence electrons. The number of hydrogen-bond donors (Lipinski definition) is 1. The third-order valence-electron chi connectivity index (χ3n) is 3.52. The first-order valence-corrected chi connectivity index (χ1v) is 7.83. The average Bonchev–Trinajstić information content (AvgIpc) is 3.01. The molecule has 26 heavy (non-hydrogen) atoms. The maximum absolute atomic E-state index is 13.2. The Morgan fingerprint density at radius 1 is 1.27 bits per heavy atom. The summed E-state index contributed by atoms with van der Waals surface area (Å²) in [7, 11) is 0. The van der Waals surface area contributed by atoms with Crippen molar-refractivity contribution in [1.82, 2.24) is 9.78 Å². The van der Waals surface area contributed by atoms with Crippen LogP contribution in [0.5, 0.6) is 0 Å². The lowest BCUT2D eigenvalue weighted by Gasteiger charge is -2.04. The van der Waals surface area contributed by atoms with E-state index in [-0.39, 0.29) is 27.9 Å². The van der Waals surface area contributed by atoms with E-state index in [2.05, 4.69) is 10.4 Å². The van der Waals surface area contributed by atoms with Gasteiger partial charge in [-0.05, 0) is 29.8 Å². The lowest BCUT2D eigenvalue weighted by Crippen LogP contribution is -2.13. The molecule has 0 unspecified atom stereocenters. The van der Waals surface area contributed by atoms with Crippen molar-refractivity contribution >= 4 is 29.0 Å². The van der Waals surface area contributed by atoms with E-state index in [0.717, 1.165) is 11.6 Å². The van der Waals surface area contributed by atoms with E-state index in [1.165, 1.54) is 28.9 Å². The zero-order valence-corrected chi connectivity index (χ0v) is 14.0. The van der Waals surface area contributed by atoms with Crippen LogP contribution in [-0.4, -0.2) is 20.6 Å². The fraction of sp³-hybridized carbons (Fsp3) is 0.0588. The first-order chi connectivity index (χ1) is 12.4. The largest absolute Gasteiger partial charge is 0.305 e. The summed E-state index contributed by atoms with van der Waals surface area (Å²) in [6, 6.07) is 11.4. The predicted molar refractivity (Wildman–Crippen MR) is 93.8 cm³/mol. The summed E-state index contributed by atoms with van der Waals surface area (Å²) in [6.07, 6.45) is 1.63. The highest BCUT2D eigenvalue weighted by atomic mass is 35.5. The van der Waals surface area contributed by atoms with Crippen molar-refractivity contribution in [2.24, 2.45) is 0 Å². The third-order valence-corrected chi connectivity index (χ3v) is 3.84. The van der Waals surface area contributed by atoms with E-state index < -0.39 is 10.8 Å². The van der Waals surface area contributed by atoms with Gasteiger partial charge in [-0.2, -0.15) is 5.10 Å². The van der Waals surface area contributed by atoms with E-state index in [1.54, 1.807) is 24.4 Å². The van der Waals surface area contributed by atoms with Crippen LogP contribution < -0.4 is 5.32 Å². The Hall–Kier alpha value is -3.26. The number of benzene rings is 2. The number of anilines is 1. The normalized spacial score (nSPS) is 10.5. The molecule has 0 aliphatic heterocycles. The molecule has 2 aromatic carbocycles. The number of amides is 1. The maximum Gasteiger partial charge on any atom is 0.288 e. The first kappa shape index (κ1) is 17.6. The van der Waals surface area contributed by atoms with Gasteiger partial charge in [0.2, 0.25) is 0 Å². The van der Waals surface area contributed by atoms with E-state index in [0.29, 0.717) is 6.54 Å². The second-order valence-corrected chi connectivity index (χ2v) is 5.81. The van der Waals surface area contributed by atoms with Crippen molar-refractivity contribution in [2.75, 3.05) is 5.32 Å². The van der Waals surface area contributed by atoms with Crippen molar-refractivity contribution in [1.29, 1.82) is 0 Å². The predicted octanol–water partition coefficient (Wildman–Crippen LogP) is 3.88. The Labute approximate surface area is 152 Å². The molecule has 1 amide bonds. The molecule has 9 heteroatoms. The number of aromatic nitrogens is 2. The summed E-state index contributed by atoms with van der Waals surface area (Å²) in [5.41, 5.74) is 0.455. The molecular formula is C17H12ClFN4O3. The van der Waals surface area contributed by atoms with Gasteiger partial charge < -0.3 is 5.32 Å². The van der Waals surface area contributed by atoms with Crippen LogP contribution in [-0.2, 0) is 6.54 Å². The Balaban J connectivity index is 1.72. The Morgan fingerprint density at radius 3 is 2.81 bits per heavy atom. The third kappa shape index (κ3) is 4.04. The van der Waals surface area contributed by atoms with Crippen molar-refractivity contribution in [3.8, 4) is 0 Å². The number of carbonyl (C=O) groups is 1. The second kappa shape index (κ2) is 7.32. The van der Waals surface area contributed by atoms with Crippen molar-refractivity contribution < 1.29 is 14.1 Å². The van der Waals surface area contributed by atoms with Crippen LogP contribution in [0, 0.1) is 15.9 Å².